The van der Waals surface area contributed by atoms with Crippen molar-refractivity contribution in [3.8, 4) is 0 Å². The fraction of sp³-hybridized carbons (Fsp3) is 0.545. The third kappa shape index (κ3) is 2.39. The minimum absolute atomic E-state index is 0.637. The molecule has 1 aliphatic heterocycles. The second-order valence-electron chi connectivity index (χ2n) is 4.12. The lowest BCUT2D eigenvalue weighted by molar-refractivity contribution is 0.322. The number of likely N-dealkylation sites (N-methyl/N-ethyl adjacent to an activating group) is 1. The lowest BCUT2D eigenvalue weighted by atomic mass is 10.2. The van der Waals surface area contributed by atoms with E-state index in [9.17, 15) is 0 Å². The Balaban J connectivity index is 1.90. The average molecular weight is 206 g/mol. The molecule has 1 aliphatic rings. The standard InChI is InChI=1S/C11H18N4/c1-15-6-2-3-9(15)7-14-11-4-5-13-8-10(11)12/h4-5,8-9H,2-3,6-7,12H2,1H3,(H,13,14). The van der Waals surface area contributed by atoms with Gasteiger partial charge in [-0.05, 0) is 32.5 Å². The van der Waals surface area contributed by atoms with Gasteiger partial charge in [-0.1, -0.05) is 0 Å². The highest BCUT2D eigenvalue weighted by Crippen LogP contribution is 2.18. The number of hydrogen-bond donors (Lipinski definition) is 2. The summed E-state index contributed by atoms with van der Waals surface area (Å²) >= 11 is 0. The van der Waals surface area contributed by atoms with E-state index in [-0.39, 0.29) is 0 Å². The van der Waals surface area contributed by atoms with Gasteiger partial charge in [0.05, 0.1) is 17.6 Å². The molecule has 0 amide bonds. The largest absolute Gasteiger partial charge is 0.396 e. The number of pyridine rings is 1. The van der Waals surface area contributed by atoms with Gasteiger partial charge in [-0.3, -0.25) is 4.98 Å². The highest BCUT2D eigenvalue weighted by Gasteiger charge is 2.20. The Morgan fingerprint density at radius 2 is 2.53 bits per heavy atom. The van der Waals surface area contributed by atoms with Crippen LogP contribution >= 0.6 is 0 Å². The molecule has 1 aromatic rings. The van der Waals surface area contributed by atoms with Crippen molar-refractivity contribution in [2.45, 2.75) is 18.9 Å². The molecule has 0 aliphatic carbocycles. The number of anilines is 2. The van der Waals surface area contributed by atoms with Crippen LogP contribution in [0.4, 0.5) is 11.4 Å². The first-order valence-corrected chi connectivity index (χ1v) is 5.41. The van der Waals surface area contributed by atoms with Gasteiger partial charge < -0.3 is 16.0 Å². The fourth-order valence-electron chi connectivity index (χ4n) is 2.03. The fourth-order valence-corrected chi connectivity index (χ4v) is 2.03. The summed E-state index contributed by atoms with van der Waals surface area (Å²) in [4.78, 5) is 6.36. The molecule has 0 spiro atoms. The summed E-state index contributed by atoms with van der Waals surface area (Å²) in [6.07, 6.45) is 6.01. The molecule has 1 fully saturated rings. The minimum atomic E-state index is 0.637. The van der Waals surface area contributed by atoms with Crippen LogP contribution in [0.15, 0.2) is 18.5 Å². The predicted octanol–water partition coefficient (Wildman–Crippen LogP) is 1.17. The monoisotopic (exact) mass is 206 g/mol. The Hall–Kier alpha value is -1.29. The summed E-state index contributed by atoms with van der Waals surface area (Å²) in [5, 5.41) is 3.38. The molecule has 82 valence electrons. The van der Waals surface area contributed by atoms with Crippen molar-refractivity contribution in [2.24, 2.45) is 0 Å². The molecule has 0 aromatic carbocycles. The molecule has 4 heteroatoms. The lowest BCUT2D eigenvalue weighted by Crippen LogP contribution is -2.31. The predicted molar refractivity (Wildman–Crippen MR) is 62.8 cm³/mol. The van der Waals surface area contributed by atoms with E-state index in [1.807, 2.05) is 6.07 Å². The first-order valence-electron chi connectivity index (χ1n) is 5.41. The topological polar surface area (TPSA) is 54.2 Å². The number of likely N-dealkylation sites (tertiary alicyclic amines) is 1. The van der Waals surface area contributed by atoms with Crippen molar-refractivity contribution >= 4 is 11.4 Å². The molecule has 1 atom stereocenters. The molecule has 0 saturated carbocycles. The lowest BCUT2D eigenvalue weighted by Gasteiger charge is -2.20. The van der Waals surface area contributed by atoms with Gasteiger partial charge in [0, 0.05) is 18.8 Å². The number of rotatable bonds is 3. The van der Waals surface area contributed by atoms with Crippen LogP contribution in [0, 0.1) is 0 Å². The molecular formula is C11H18N4. The van der Waals surface area contributed by atoms with E-state index in [1.54, 1.807) is 12.4 Å². The zero-order chi connectivity index (χ0) is 10.7. The summed E-state index contributed by atoms with van der Waals surface area (Å²) in [5.74, 6) is 0. The highest BCUT2D eigenvalue weighted by molar-refractivity contribution is 5.64. The van der Waals surface area contributed by atoms with Gasteiger partial charge in [0.15, 0.2) is 0 Å². The van der Waals surface area contributed by atoms with Crippen LogP contribution in [-0.2, 0) is 0 Å². The van der Waals surface area contributed by atoms with Crippen LogP contribution in [0.25, 0.3) is 0 Å². The van der Waals surface area contributed by atoms with Gasteiger partial charge in [-0.2, -0.15) is 0 Å². The molecule has 2 rings (SSSR count). The molecule has 0 radical (unpaired) electrons. The second-order valence-corrected chi connectivity index (χ2v) is 4.12. The quantitative estimate of drug-likeness (QED) is 0.779. The van der Waals surface area contributed by atoms with Crippen molar-refractivity contribution < 1.29 is 0 Å². The van der Waals surface area contributed by atoms with Crippen LogP contribution < -0.4 is 11.1 Å². The van der Waals surface area contributed by atoms with Crippen LogP contribution in [0.5, 0.6) is 0 Å². The van der Waals surface area contributed by atoms with Gasteiger partial charge in [0.2, 0.25) is 0 Å². The molecule has 3 N–H and O–H groups in total. The maximum Gasteiger partial charge on any atom is 0.0736 e. The van der Waals surface area contributed by atoms with Crippen molar-refractivity contribution in [1.29, 1.82) is 0 Å². The maximum atomic E-state index is 5.80. The van der Waals surface area contributed by atoms with E-state index in [2.05, 4.69) is 22.2 Å². The van der Waals surface area contributed by atoms with E-state index in [1.165, 1.54) is 19.4 Å². The zero-order valence-corrected chi connectivity index (χ0v) is 9.11. The first kappa shape index (κ1) is 10.2. The van der Waals surface area contributed by atoms with E-state index in [4.69, 9.17) is 5.73 Å². The Morgan fingerprint density at radius 1 is 1.67 bits per heavy atom. The van der Waals surface area contributed by atoms with Crippen LogP contribution in [-0.4, -0.2) is 36.1 Å². The zero-order valence-electron chi connectivity index (χ0n) is 9.11. The van der Waals surface area contributed by atoms with Crippen molar-refractivity contribution in [3.63, 3.8) is 0 Å². The third-order valence-electron chi connectivity index (χ3n) is 3.05. The Kier molecular flexibility index (Phi) is 3.06. The van der Waals surface area contributed by atoms with Crippen LogP contribution in [0.3, 0.4) is 0 Å². The summed E-state index contributed by atoms with van der Waals surface area (Å²) in [7, 11) is 2.18. The molecule has 2 heterocycles. The average Bonchev–Trinajstić information content (AvgIpc) is 2.63. The Labute approximate surface area is 90.5 Å². The van der Waals surface area contributed by atoms with Crippen molar-refractivity contribution in [2.75, 3.05) is 31.2 Å². The maximum absolute atomic E-state index is 5.80. The van der Waals surface area contributed by atoms with Crippen LogP contribution in [0.1, 0.15) is 12.8 Å². The summed E-state index contributed by atoms with van der Waals surface area (Å²) in [6, 6.07) is 2.56. The highest BCUT2D eigenvalue weighted by atomic mass is 15.2. The van der Waals surface area contributed by atoms with Gasteiger partial charge in [-0.15, -0.1) is 0 Å². The summed E-state index contributed by atoms with van der Waals surface area (Å²) in [6.45, 7) is 2.17. The third-order valence-corrected chi connectivity index (χ3v) is 3.05. The SMILES string of the molecule is CN1CCCC1CNc1ccncc1N. The number of aromatic nitrogens is 1. The van der Waals surface area contributed by atoms with Gasteiger partial charge in [0.25, 0.3) is 0 Å². The van der Waals surface area contributed by atoms with E-state index >= 15 is 0 Å². The molecule has 1 unspecified atom stereocenters. The number of nitrogens with zero attached hydrogens (tertiary/aromatic N) is 2. The number of nitrogens with one attached hydrogen (secondary N) is 1. The van der Waals surface area contributed by atoms with Crippen LogP contribution in [0.2, 0.25) is 0 Å². The molecule has 0 bridgehead atoms. The Morgan fingerprint density at radius 3 is 3.20 bits per heavy atom. The molecule has 15 heavy (non-hydrogen) atoms. The van der Waals surface area contributed by atoms with Crippen molar-refractivity contribution in [1.82, 2.24) is 9.88 Å². The van der Waals surface area contributed by atoms with E-state index < -0.39 is 0 Å². The molecular weight excluding hydrogens is 188 g/mol. The molecule has 4 nitrogen and oxygen atoms in total. The van der Waals surface area contributed by atoms with E-state index in [0.29, 0.717) is 6.04 Å². The van der Waals surface area contributed by atoms with Gasteiger partial charge in [-0.25, -0.2) is 0 Å². The minimum Gasteiger partial charge on any atom is -0.396 e. The van der Waals surface area contributed by atoms with Crippen molar-refractivity contribution in [3.05, 3.63) is 18.5 Å². The number of hydrogen-bond acceptors (Lipinski definition) is 4. The number of nitrogens with two attached hydrogens (primary N) is 1. The van der Waals surface area contributed by atoms with Gasteiger partial charge >= 0.3 is 0 Å². The smallest absolute Gasteiger partial charge is 0.0736 e. The van der Waals surface area contributed by atoms with E-state index in [0.717, 1.165) is 17.9 Å². The first-order chi connectivity index (χ1) is 7.27. The molecule has 1 aromatic heterocycles. The summed E-state index contributed by atoms with van der Waals surface area (Å²) < 4.78 is 0. The Bertz CT molecular complexity index is 326. The summed E-state index contributed by atoms with van der Waals surface area (Å²) in [5.41, 5.74) is 7.51. The normalized spacial score (nSPS) is 21.8. The van der Waals surface area contributed by atoms with Gasteiger partial charge in [0.1, 0.15) is 0 Å². The second kappa shape index (κ2) is 4.49. The molecule has 1 saturated heterocycles. The number of nitrogen functional groups attached to an aromatic ring is 1.